The number of ketones is 1. The number of aliphatic hydroxyl groups is 1. The van der Waals surface area contributed by atoms with E-state index in [1.54, 1.807) is 0 Å². The van der Waals surface area contributed by atoms with Crippen molar-refractivity contribution in [1.82, 2.24) is 5.32 Å². The van der Waals surface area contributed by atoms with E-state index in [-0.39, 0.29) is 52.6 Å². The second kappa shape index (κ2) is 5.68. The smallest absolute Gasteiger partial charge is 0.509 e. The molecule has 1 rings (SSSR count). The minimum atomic E-state index is -0.458. The van der Waals surface area contributed by atoms with E-state index in [4.69, 9.17) is 0 Å². The monoisotopic (exact) mass is 220 g/mol. The zero-order chi connectivity index (χ0) is 10.9. The molecule has 0 bridgehead atoms. The number of nitrogens with one attached hydrogen (secondary N) is 1. The van der Waals surface area contributed by atoms with Crippen LogP contribution < -0.4 is 34.9 Å². The van der Waals surface area contributed by atoms with E-state index in [0.717, 1.165) is 6.42 Å². The topological polar surface area (TPSA) is 66.4 Å². The van der Waals surface area contributed by atoms with Crippen LogP contribution in [-0.4, -0.2) is 22.8 Å². The second-order valence-electron chi connectivity index (χ2n) is 3.65. The van der Waals surface area contributed by atoms with Crippen molar-refractivity contribution in [2.24, 2.45) is 5.92 Å². The SMILES string of the molecule is CCC(C)C1NC(=O)C(C(C)=O)=C1O.[Na+]. The normalized spacial score (nSPS) is 22.1. The second-order valence-corrected chi connectivity index (χ2v) is 3.65. The van der Waals surface area contributed by atoms with Gasteiger partial charge in [-0.1, -0.05) is 20.3 Å². The van der Waals surface area contributed by atoms with Crippen molar-refractivity contribution in [2.45, 2.75) is 33.2 Å². The summed E-state index contributed by atoms with van der Waals surface area (Å²) >= 11 is 0. The summed E-state index contributed by atoms with van der Waals surface area (Å²) in [5.74, 6) is -0.807. The van der Waals surface area contributed by atoms with Crippen LogP contribution >= 0.6 is 0 Å². The molecule has 0 saturated heterocycles. The van der Waals surface area contributed by atoms with Crippen molar-refractivity contribution in [1.29, 1.82) is 0 Å². The molecule has 1 aliphatic heterocycles. The minimum absolute atomic E-state index is 0. The van der Waals surface area contributed by atoms with Crippen molar-refractivity contribution < 1.29 is 44.3 Å². The Hall–Kier alpha value is -0.320. The van der Waals surface area contributed by atoms with Gasteiger partial charge in [-0.3, -0.25) is 9.59 Å². The molecule has 0 fully saturated rings. The molecule has 0 spiro atoms. The summed E-state index contributed by atoms with van der Waals surface area (Å²) in [4.78, 5) is 22.4. The largest absolute Gasteiger partial charge is 1.00 e. The molecule has 0 aromatic carbocycles. The van der Waals surface area contributed by atoms with Crippen LogP contribution in [0.1, 0.15) is 27.2 Å². The molecule has 5 heteroatoms. The average molecular weight is 220 g/mol. The minimum Gasteiger partial charge on any atom is -0.509 e. The molecule has 2 atom stereocenters. The molecule has 0 aliphatic carbocycles. The van der Waals surface area contributed by atoms with Gasteiger partial charge in [0.15, 0.2) is 5.78 Å². The fraction of sp³-hybridized carbons (Fsp3) is 0.600. The molecule has 0 aromatic rings. The molecular weight excluding hydrogens is 205 g/mol. The van der Waals surface area contributed by atoms with E-state index in [0.29, 0.717) is 0 Å². The Morgan fingerprint density at radius 3 is 2.47 bits per heavy atom. The molecule has 2 N–H and O–H groups in total. The van der Waals surface area contributed by atoms with Gasteiger partial charge in [-0.2, -0.15) is 0 Å². The van der Waals surface area contributed by atoms with Gasteiger partial charge in [0.1, 0.15) is 11.3 Å². The number of rotatable bonds is 3. The van der Waals surface area contributed by atoms with Gasteiger partial charge < -0.3 is 10.4 Å². The standard InChI is InChI=1S/C10H15NO3.Na/c1-4-5(2)8-9(13)7(6(3)12)10(14)11-8;/h5,8,13H,4H2,1-3H3,(H,11,14);/q;+1. The predicted octanol–water partition coefficient (Wildman–Crippen LogP) is -2.06. The van der Waals surface area contributed by atoms with Crippen molar-refractivity contribution in [3.05, 3.63) is 11.3 Å². The molecule has 1 heterocycles. The van der Waals surface area contributed by atoms with Crippen LogP contribution in [-0.2, 0) is 9.59 Å². The molecule has 0 aromatic heterocycles. The van der Waals surface area contributed by atoms with Crippen LogP contribution in [0.25, 0.3) is 0 Å². The number of aliphatic hydroxyl groups excluding tert-OH is 1. The third kappa shape index (κ3) is 2.83. The van der Waals surface area contributed by atoms with E-state index < -0.39 is 11.9 Å². The Morgan fingerprint density at radius 1 is 1.60 bits per heavy atom. The fourth-order valence-electron chi connectivity index (χ4n) is 1.54. The van der Waals surface area contributed by atoms with Crippen molar-refractivity contribution >= 4 is 11.7 Å². The first-order valence-corrected chi connectivity index (χ1v) is 4.74. The summed E-state index contributed by atoms with van der Waals surface area (Å²) in [6.45, 7) is 5.17. The molecule has 78 valence electrons. The number of carbonyl (C=O) groups excluding carboxylic acids is 2. The first kappa shape index (κ1) is 14.7. The van der Waals surface area contributed by atoms with E-state index >= 15 is 0 Å². The van der Waals surface area contributed by atoms with Gasteiger partial charge in [-0.15, -0.1) is 0 Å². The Morgan fingerprint density at radius 2 is 2.13 bits per heavy atom. The third-order valence-corrected chi connectivity index (χ3v) is 2.63. The van der Waals surface area contributed by atoms with Gasteiger partial charge in [0.25, 0.3) is 5.91 Å². The van der Waals surface area contributed by atoms with Crippen LogP contribution in [0.2, 0.25) is 0 Å². The Bertz CT molecular complexity index is 312. The molecule has 0 radical (unpaired) electrons. The van der Waals surface area contributed by atoms with Gasteiger partial charge in [0.05, 0.1) is 6.04 Å². The Labute approximate surface area is 111 Å². The van der Waals surface area contributed by atoms with Crippen LogP contribution in [0.5, 0.6) is 0 Å². The van der Waals surface area contributed by atoms with Crippen molar-refractivity contribution in [2.75, 3.05) is 0 Å². The first-order chi connectivity index (χ1) is 6.49. The maximum atomic E-state index is 11.3. The number of hydrogen-bond acceptors (Lipinski definition) is 3. The quantitative estimate of drug-likeness (QED) is 0.424. The molecule has 4 nitrogen and oxygen atoms in total. The maximum absolute atomic E-state index is 11.3. The molecule has 0 saturated carbocycles. The van der Waals surface area contributed by atoms with Crippen molar-refractivity contribution in [3.63, 3.8) is 0 Å². The van der Waals surface area contributed by atoms with E-state index in [1.807, 2.05) is 13.8 Å². The first-order valence-electron chi connectivity index (χ1n) is 4.74. The summed E-state index contributed by atoms with van der Waals surface area (Å²) in [6.07, 6.45) is 0.834. The Balaban J connectivity index is 0.00000196. The van der Waals surface area contributed by atoms with E-state index in [1.165, 1.54) is 6.92 Å². The zero-order valence-corrected chi connectivity index (χ0v) is 11.6. The number of hydrogen-bond donors (Lipinski definition) is 2. The van der Waals surface area contributed by atoms with Gasteiger partial charge in [-0.25, -0.2) is 0 Å². The molecule has 1 amide bonds. The summed E-state index contributed by atoms with van der Waals surface area (Å²) in [7, 11) is 0. The van der Waals surface area contributed by atoms with Crippen molar-refractivity contribution in [3.8, 4) is 0 Å². The number of carbonyl (C=O) groups is 2. The summed E-state index contributed by atoms with van der Waals surface area (Å²) < 4.78 is 0. The van der Waals surface area contributed by atoms with Gasteiger partial charge >= 0.3 is 29.6 Å². The summed E-state index contributed by atoms with van der Waals surface area (Å²) in [5, 5.41) is 12.3. The molecule has 15 heavy (non-hydrogen) atoms. The van der Waals surface area contributed by atoms with Crippen LogP contribution in [0, 0.1) is 5.92 Å². The summed E-state index contributed by atoms with van der Waals surface area (Å²) in [5.41, 5.74) is -0.0877. The van der Waals surface area contributed by atoms with E-state index in [9.17, 15) is 14.7 Å². The predicted molar refractivity (Wildman–Crippen MR) is 51.7 cm³/mol. The third-order valence-electron chi connectivity index (χ3n) is 2.63. The Kier molecular flexibility index (Phi) is 5.56. The van der Waals surface area contributed by atoms with Gasteiger partial charge in [-0.05, 0) is 12.8 Å². The van der Waals surface area contributed by atoms with Crippen LogP contribution in [0.15, 0.2) is 11.3 Å². The number of amides is 1. The van der Waals surface area contributed by atoms with Crippen LogP contribution in [0.4, 0.5) is 0 Å². The zero-order valence-electron chi connectivity index (χ0n) is 9.63. The van der Waals surface area contributed by atoms with Gasteiger partial charge in [0.2, 0.25) is 0 Å². The maximum Gasteiger partial charge on any atom is 1.00 e. The van der Waals surface area contributed by atoms with Crippen LogP contribution in [0.3, 0.4) is 0 Å². The fourth-order valence-corrected chi connectivity index (χ4v) is 1.54. The summed E-state index contributed by atoms with van der Waals surface area (Å²) in [6, 6.07) is -0.397. The molecule has 2 unspecified atom stereocenters. The number of Topliss-reactive ketones (excluding diaryl/α,β-unsaturated/α-hetero) is 1. The van der Waals surface area contributed by atoms with E-state index in [2.05, 4.69) is 5.32 Å². The molecular formula is C10H15NNaO3+. The van der Waals surface area contributed by atoms with Gasteiger partial charge in [0, 0.05) is 0 Å². The average Bonchev–Trinajstić information content (AvgIpc) is 2.40. The molecule has 1 aliphatic rings.